The molecule has 1 atom stereocenters. The number of aliphatic imine (C=N–C) groups is 2. The normalized spacial score (nSPS) is 10.6. The van der Waals surface area contributed by atoms with Crippen LogP contribution < -0.4 is 0 Å². The third kappa shape index (κ3) is 4.87. The van der Waals surface area contributed by atoms with Gasteiger partial charge in [-0.2, -0.15) is 0 Å². The summed E-state index contributed by atoms with van der Waals surface area (Å²) in [6.45, 7) is 1.51. The second-order valence-corrected chi connectivity index (χ2v) is 2.58. The smallest absolute Gasteiger partial charge is 0.259 e. The lowest BCUT2D eigenvalue weighted by molar-refractivity contribution is -0.121. The Morgan fingerprint density at radius 2 is 1.79 bits per heavy atom. The fraction of sp³-hybridized carbons (Fsp3) is 0.500. The first-order chi connectivity index (χ1) is 6.61. The van der Waals surface area contributed by atoms with Crippen molar-refractivity contribution in [3.63, 3.8) is 0 Å². The monoisotopic (exact) mass is 196 g/mol. The number of hydrogen-bond acceptors (Lipinski definition) is 4. The van der Waals surface area contributed by atoms with E-state index in [0.717, 1.165) is 12.2 Å². The van der Waals surface area contributed by atoms with Gasteiger partial charge in [-0.05, 0) is 6.42 Å². The third-order valence-corrected chi connectivity index (χ3v) is 1.54. The Labute approximate surface area is 79.7 Å². The topological polar surface area (TPSA) is 93.0 Å². The molecule has 74 valence electrons. The molecular weight excluding hydrogens is 188 g/mol. The van der Waals surface area contributed by atoms with Gasteiger partial charge in [0.15, 0.2) is 0 Å². The van der Waals surface area contributed by atoms with Crippen LogP contribution in [-0.4, -0.2) is 24.0 Å². The molecule has 0 rings (SSSR count). The Morgan fingerprint density at radius 3 is 2.29 bits per heavy atom. The maximum Gasteiger partial charge on any atom is 0.259 e. The quantitative estimate of drug-likeness (QED) is 0.471. The molecule has 6 nitrogen and oxygen atoms in total. The predicted octanol–water partition coefficient (Wildman–Crippen LogP) is 0.127. The van der Waals surface area contributed by atoms with E-state index in [0.29, 0.717) is 0 Å². The summed E-state index contributed by atoms with van der Waals surface area (Å²) in [5.41, 5.74) is 0. The first-order valence-corrected chi connectivity index (χ1v) is 3.84. The van der Waals surface area contributed by atoms with Crippen molar-refractivity contribution in [2.75, 3.05) is 0 Å². The molecule has 0 fully saturated rings. The molecule has 0 saturated heterocycles. The number of carbonyl (C=O) groups excluding carboxylic acids is 4. The molecule has 0 aromatic rings. The fourth-order valence-corrected chi connectivity index (χ4v) is 0.725. The van der Waals surface area contributed by atoms with Gasteiger partial charge in [0.2, 0.25) is 12.2 Å². The van der Waals surface area contributed by atoms with Crippen LogP contribution in [0.15, 0.2) is 9.98 Å². The molecule has 0 bridgehead atoms. The van der Waals surface area contributed by atoms with Gasteiger partial charge in [-0.1, -0.05) is 6.92 Å². The number of rotatable bonds is 4. The van der Waals surface area contributed by atoms with Gasteiger partial charge in [-0.3, -0.25) is 9.59 Å². The van der Waals surface area contributed by atoms with Crippen molar-refractivity contribution < 1.29 is 19.2 Å². The highest BCUT2D eigenvalue weighted by molar-refractivity contribution is 5.85. The van der Waals surface area contributed by atoms with Gasteiger partial charge in [-0.25, -0.2) is 9.59 Å². The summed E-state index contributed by atoms with van der Waals surface area (Å²) in [5, 5.41) is 0. The van der Waals surface area contributed by atoms with Crippen molar-refractivity contribution in [2.24, 2.45) is 15.9 Å². The number of amides is 2. The number of hydrogen-bond donors (Lipinski definition) is 0. The summed E-state index contributed by atoms with van der Waals surface area (Å²) in [6, 6.07) is 0. The van der Waals surface area contributed by atoms with Crippen LogP contribution in [0.5, 0.6) is 0 Å². The van der Waals surface area contributed by atoms with Crippen molar-refractivity contribution in [1.82, 2.24) is 0 Å². The van der Waals surface area contributed by atoms with E-state index in [4.69, 9.17) is 0 Å². The van der Waals surface area contributed by atoms with Crippen LogP contribution >= 0.6 is 0 Å². The van der Waals surface area contributed by atoms with Gasteiger partial charge in [0.25, 0.3) is 11.8 Å². The molecule has 2 amide bonds. The molecule has 0 aliphatic heterocycles. The van der Waals surface area contributed by atoms with Crippen molar-refractivity contribution >= 4 is 24.0 Å². The summed E-state index contributed by atoms with van der Waals surface area (Å²) in [7, 11) is 0. The molecule has 0 spiro atoms. The van der Waals surface area contributed by atoms with E-state index in [9.17, 15) is 19.2 Å². The first-order valence-electron chi connectivity index (χ1n) is 3.84. The van der Waals surface area contributed by atoms with Gasteiger partial charge in [-0.15, -0.1) is 9.98 Å². The first kappa shape index (κ1) is 12.1. The lowest BCUT2D eigenvalue weighted by atomic mass is 10.1. The minimum atomic E-state index is -0.644. The number of carbonyl (C=O) groups is 2. The second-order valence-electron chi connectivity index (χ2n) is 2.58. The van der Waals surface area contributed by atoms with Crippen LogP contribution in [0.3, 0.4) is 0 Å². The Hall–Kier alpha value is -1.90. The van der Waals surface area contributed by atoms with Gasteiger partial charge in [0.1, 0.15) is 0 Å². The minimum Gasteiger partial charge on any atom is -0.272 e. The Kier molecular flexibility index (Phi) is 5.70. The van der Waals surface area contributed by atoms with Crippen molar-refractivity contribution in [3.8, 4) is 0 Å². The van der Waals surface area contributed by atoms with Crippen LogP contribution in [0.2, 0.25) is 0 Å². The number of nitrogens with zero attached hydrogens (tertiary/aromatic N) is 2. The summed E-state index contributed by atoms with van der Waals surface area (Å²) in [5.74, 6) is -1.83. The van der Waals surface area contributed by atoms with Crippen LogP contribution in [0.1, 0.15) is 19.8 Å². The van der Waals surface area contributed by atoms with Crippen LogP contribution in [0.25, 0.3) is 0 Å². The highest BCUT2D eigenvalue weighted by atomic mass is 16.2. The van der Waals surface area contributed by atoms with Crippen molar-refractivity contribution in [3.05, 3.63) is 0 Å². The third-order valence-electron chi connectivity index (χ3n) is 1.54. The van der Waals surface area contributed by atoms with Gasteiger partial charge >= 0.3 is 0 Å². The maximum atomic E-state index is 10.9. The van der Waals surface area contributed by atoms with Crippen LogP contribution in [-0.2, 0) is 19.2 Å². The number of isocyanates is 2. The zero-order chi connectivity index (χ0) is 11.0. The minimum absolute atomic E-state index is 0.0451. The van der Waals surface area contributed by atoms with E-state index in [-0.39, 0.29) is 12.8 Å². The van der Waals surface area contributed by atoms with Crippen LogP contribution in [0.4, 0.5) is 0 Å². The second kappa shape index (κ2) is 6.60. The molecule has 0 radical (unpaired) electrons. The molecular formula is C8H8N2O4. The summed E-state index contributed by atoms with van der Waals surface area (Å²) in [4.78, 5) is 46.6. The highest BCUT2D eigenvalue weighted by Crippen LogP contribution is 2.07. The zero-order valence-electron chi connectivity index (χ0n) is 7.52. The highest BCUT2D eigenvalue weighted by Gasteiger charge is 2.13. The van der Waals surface area contributed by atoms with E-state index in [2.05, 4.69) is 9.98 Å². The molecule has 1 unspecified atom stereocenters. The Bertz CT molecular complexity index is 324. The molecule has 14 heavy (non-hydrogen) atoms. The zero-order valence-corrected chi connectivity index (χ0v) is 7.52. The maximum absolute atomic E-state index is 10.9. The van der Waals surface area contributed by atoms with Crippen LogP contribution in [0, 0.1) is 5.92 Å². The molecule has 0 aromatic heterocycles. The van der Waals surface area contributed by atoms with E-state index in [1.54, 1.807) is 0 Å². The summed E-state index contributed by atoms with van der Waals surface area (Å²) in [6.07, 6.45) is 2.36. The molecule has 0 aromatic carbocycles. The largest absolute Gasteiger partial charge is 0.272 e. The molecule has 6 heteroatoms. The Morgan fingerprint density at radius 1 is 1.21 bits per heavy atom. The predicted molar refractivity (Wildman–Crippen MR) is 44.7 cm³/mol. The Balaban J connectivity index is 4.02. The SMILES string of the molecule is CC(CCC(=O)N=C=O)C(=O)N=C=O. The summed E-state index contributed by atoms with van der Waals surface area (Å²) < 4.78 is 0. The van der Waals surface area contributed by atoms with Gasteiger partial charge in [0, 0.05) is 12.3 Å². The van der Waals surface area contributed by atoms with E-state index in [1.165, 1.54) is 6.92 Å². The average molecular weight is 196 g/mol. The standard InChI is InChI=1S/C8H8N2O4/c1-6(8(14)10-5-12)2-3-7(13)9-4-11/h6H,2-3H2,1H3. The molecule has 0 saturated carbocycles. The van der Waals surface area contributed by atoms with E-state index >= 15 is 0 Å². The molecule has 0 N–H and O–H groups in total. The van der Waals surface area contributed by atoms with Gasteiger partial charge in [0.05, 0.1) is 0 Å². The lowest BCUT2D eigenvalue weighted by Gasteiger charge is -2.01. The molecule has 0 aliphatic rings. The molecule has 0 aliphatic carbocycles. The van der Waals surface area contributed by atoms with Crippen molar-refractivity contribution in [1.29, 1.82) is 0 Å². The van der Waals surface area contributed by atoms with E-state index in [1.807, 2.05) is 0 Å². The average Bonchev–Trinajstić information content (AvgIpc) is 2.15. The van der Waals surface area contributed by atoms with Gasteiger partial charge < -0.3 is 0 Å². The van der Waals surface area contributed by atoms with Crippen molar-refractivity contribution in [2.45, 2.75) is 19.8 Å². The lowest BCUT2D eigenvalue weighted by Crippen LogP contribution is -2.09. The molecule has 0 heterocycles. The van der Waals surface area contributed by atoms with E-state index < -0.39 is 17.7 Å². The fourth-order valence-electron chi connectivity index (χ4n) is 0.725. The summed E-state index contributed by atoms with van der Waals surface area (Å²) >= 11 is 0.